The van der Waals surface area contributed by atoms with Crippen molar-refractivity contribution >= 4 is 33.9 Å². The summed E-state index contributed by atoms with van der Waals surface area (Å²) in [4.78, 5) is 31.8. The molecule has 0 unspecified atom stereocenters. The highest BCUT2D eigenvalue weighted by molar-refractivity contribution is 7.14. The summed E-state index contributed by atoms with van der Waals surface area (Å²) in [5.41, 5.74) is 2.12. The van der Waals surface area contributed by atoms with Crippen LogP contribution in [0, 0.1) is 0 Å². The van der Waals surface area contributed by atoms with Crippen molar-refractivity contribution in [1.82, 2.24) is 4.98 Å². The van der Waals surface area contributed by atoms with Crippen LogP contribution >= 0.6 is 11.3 Å². The Labute approximate surface area is 188 Å². The van der Waals surface area contributed by atoms with Gasteiger partial charge in [0, 0.05) is 23.6 Å². The van der Waals surface area contributed by atoms with Gasteiger partial charge in [-0.15, -0.1) is 11.3 Å². The molecule has 0 saturated carbocycles. The molecule has 0 bridgehead atoms. The van der Waals surface area contributed by atoms with Crippen molar-refractivity contribution in [2.75, 3.05) is 12.0 Å². The van der Waals surface area contributed by atoms with Gasteiger partial charge < -0.3 is 14.6 Å². The third-order valence-electron chi connectivity index (χ3n) is 5.67. The summed E-state index contributed by atoms with van der Waals surface area (Å²) in [5.74, 6) is -0.272. The maximum Gasteiger partial charge on any atom is 0.301 e. The first-order chi connectivity index (χ1) is 15.5. The second-order valence-electron chi connectivity index (χ2n) is 7.71. The smallest absolute Gasteiger partial charge is 0.301 e. The topological polar surface area (TPSA) is 89.0 Å². The number of benzene rings is 2. The van der Waals surface area contributed by atoms with E-state index in [1.54, 1.807) is 55.1 Å². The minimum Gasteiger partial charge on any atom is -0.507 e. The van der Waals surface area contributed by atoms with E-state index >= 15 is 0 Å². The van der Waals surface area contributed by atoms with Crippen LogP contribution in [-0.2, 0) is 16.0 Å². The van der Waals surface area contributed by atoms with Gasteiger partial charge in [0.25, 0.3) is 5.78 Å². The Kier molecular flexibility index (Phi) is 4.94. The average Bonchev–Trinajstić information content (AvgIpc) is 3.51. The third kappa shape index (κ3) is 3.23. The number of nitrogens with zero attached hydrogens (tertiary/aromatic N) is 2. The highest BCUT2D eigenvalue weighted by Gasteiger charge is 2.48. The summed E-state index contributed by atoms with van der Waals surface area (Å²) in [5, 5.41) is 13.4. The molecule has 5 rings (SSSR count). The molecule has 2 aliphatic rings. The SMILES string of the molecule is COc1ccc([C@H]2C(=C(O)c3ccc4c(c3)C[C@@H](C)O4)C(=O)C(=O)N2c2nccs2)cc1. The Morgan fingerprint density at radius 1 is 1.22 bits per heavy atom. The van der Waals surface area contributed by atoms with Crippen LogP contribution in [0.1, 0.15) is 29.7 Å². The quantitative estimate of drug-likeness (QED) is 0.367. The number of aliphatic hydroxyl groups excluding tert-OH is 1. The Balaban J connectivity index is 1.67. The number of methoxy groups -OCH3 is 1. The van der Waals surface area contributed by atoms with Gasteiger partial charge in [-0.3, -0.25) is 14.5 Å². The largest absolute Gasteiger partial charge is 0.507 e. The standard InChI is InChI=1S/C24H20N2O5S/c1-13-11-16-12-15(5-8-18(16)31-13)21(27)19-20(14-3-6-17(30-2)7-4-14)26(23(29)22(19)28)24-25-9-10-32-24/h3-10,12-13,20,27H,11H2,1-2H3/t13-,20+/m1/s1. The molecule has 7 nitrogen and oxygen atoms in total. The number of carbonyl (C=O) groups is 2. The second-order valence-corrected chi connectivity index (χ2v) is 8.59. The predicted octanol–water partition coefficient (Wildman–Crippen LogP) is 4.10. The van der Waals surface area contributed by atoms with Crippen molar-refractivity contribution in [3.8, 4) is 11.5 Å². The molecule has 1 saturated heterocycles. The third-order valence-corrected chi connectivity index (χ3v) is 6.44. The highest BCUT2D eigenvalue weighted by Crippen LogP contribution is 2.43. The molecule has 32 heavy (non-hydrogen) atoms. The summed E-state index contributed by atoms with van der Waals surface area (Å²) in [6, 6.07) is 11.6. The Hall–Kier alpha value is -3.65. The first-order valence-electron chi connectivity index (χ1n) is 10.1. The van der Waals surface area contributed by atoms with Crippen molar-refractivity contribution in [2.45, 2.75) is 25.5 Å². The molecule has 162 valence electrons. The van der Waals surface area contributed by atoms with Gasteiger partial charge in [-0.05, 0) is 48.4 Å². The number of carbonyl (C=O) groups excluding carboxylic acids is 2. The van der Waals surface area contributed by atoms with Gasteiger partial charge in [0.1, 0.15) is 23.4 Å². The molecular weight excluding hydrogens is 428 g/mol. The van der Waals surface area contributed by atoms with Crippen LogP contribution in [0.2, 0.25) is 0 Å². The van der Waals surface area contributed by atoms with Crippen molar-refractivity contribution < 1.29 is 24.2 Å². The summed E-state index contributed by atoms with van der Waals surface area (Å²) in [6.07, 6.45) is 2.34. The van der Waals surface area contributed by atoms with Gasteiger partial charge in [-0.2, -0.15) is 0 Å². The number of Topliss-reactive ketones (excluding diaryl/α,β-unsaturated/α-hetero) is 1. The minimum absolute atomic E-state index is 0.0299. The van der Waals surface area contributed by atoms with E-state index in [2.05, 4.69) is 4.98 Å². The van der Waals surface area contributed by atoms with Crippen LogP contribution in [0.25, 0.3) is 5.76 Å². The molecule has 0 aliphatic carbocycles. The lowest BCUT2D eigenvalue weighted by molar-refractivity contribution is -0.132. The van der Waals surface area contributed by atoms with Gasteiger partial charge in [0.05, 0.1) is 18.7 Å². The van der Waals surface area contributed by atoms with Crippen LogP contribution in [0.4, 0.5) is 5.13 Å². The van der Waals surface area contributed by atoms with Gasteiger partial charge in [0.2, 0.25) is 0 Å². The second kappa shape index (κ2) is 7.80. The first kappa shape index (κ1) is 20.3. The van der Waals surface area contributed by atoms with Crippen molar-refractivity contribution in [2.24, 2.45) is 0 Å². The molecule has 2 aromatic carbocycles. The van der Waals surface area contributed by atoms with Crippen LogP contribution < -0.4 is 14.4 Å². The molecule has 1 N–H and O–H groups in total. The first-order valence-corrected chi connectivity index (χ1v) is 11.0. The number of hydrogen-bond donors (Lipinski definition) is 1. The average molecular weight is 449 g/mol. The van der Waals surface area contributed by atoms with E-state index in [0.717, 1.165) is 11.3 Å². The lowest BCUT2D eigenvalue weighted by Crippen LogP contribution is -2.29. The fourth-order valence-electron chi connectivity index (χ4n) is 4.19. The van der Waals surface area contributed by atoms with Crippen molar-refractivity contribution in [3.63, 3.8) is 0 Å². The number of fused-ring (bicyclic) bond motifs is 1. The fourth-order valence-corrected chi connectivity index (χ4v) is 4.86. The van der Waals surface area contributed by atoms with Crippen LogP contribution in [0.3, 0.4) is 0 Å². The Morgan fingerprint density at radius 2 is 2.00 bits per heavy atom. The Morgan fingerprint density at radius 3 is 2.69 bits per heavy atom. The zero-order chi connectivity index (χ0) is 22.4. The molecule has 0 radical (unpaired) electrons. The van der Waals surface area contributed by atoms with Gasteiger partial charge in [-0.25, -0.2) is 4.98 Å². The molecule has 2 atom stereocenters. The molecule has 3 aromatic rings. The number of ether oxygens (including phenoxy) is 2. The monoisotopic (exact) mass is 448 g/mol. The minimum atomic E-state index is -0.810. The molecule has 0 spiro atoms. The molecule has 1 aromatic heterocycles. The van der Waals surface area contributed by atoms with Crippen molar-refractivity contribution in [3.05, 3.63) is 76.3 Å². The number of ketones is 1. The normalized spacial score (nSPS) is 21.5. The maximum absolute atomic E-state index is 13.1. The number of amides is 1. The zero-order valence-electron chi connectivity index (χ0n) is 17.4. The van der Waals surface area contributed by atoms with E-state index in [1.807, 2.05) is 13.0 Å². The number of hydrogen-bond acceptors (Lipinski definition) is 7. The van der Waals surface area contributed by atoms with E-state index < -0.39 is 17.7 Å². The van der Waals surface area contributed by atoms with Gasteiger partial charge in [-0.1, -0.05) is 12.1 Å². The van der Waals surface area contributed by atoms with Crippen LogP contribution in [0.15, 0.2) is 59.6 Å². The lowest BCUT2D eigenvalue weighted by Gasteiger charge is -2.23. The molecule has 1 fully saturated rings. The summed E-state index contributed by atoms with van der Waals surface area (Å²) in [6.45, 7) is 1.97. The van der Waals surface area contributed by atoms with Crippen LogP contribution in [-0.4, -0.2) is 35.0 Å². The molecule has 1 amide bonds. The lowest BCUT2D eigenvalue weighted by atomic mass is 9.94. The number of aliphatic hydroxyl groups is 1. The Bertz CT molecular complexity index is 1230. The molecular formula is C24H20N2O5S. The number of aromatic nitrogens is 1. The maximum atomic E-state index is 13.1. The highest BCUT2D eigenvalue weighted by atomic mass is 32.1. The van der Waals surface area contributed by atoms with E-state index in [4.69, 9.17) is 9.47 Å². The molecule has 3 heterocycles. The summed E-state index contributed by atoms with van der Waals surface area (Å²) < 4.78 is 11.0. The van der Waals surface area contributed by atoms with E-state index in [9.17, 15) is 14.7 Å². The number of anilines is 1. The molecule has 8 heteroatoms. The van der Waals surface area contributed by atoms with E-state index in [1.165, 1.54) is 16.2 Å². The van der Waals surface area contributed by atoms with Crippen molar-refractivity contribution in [1.29, 1.82) is 0 Å². The van der Waals surface area contributed by atoms with E-state index in [0.29, 0.717) is 28.4 Å². The van der Waals surface area contributed by atoms with Gasteiger partial charge >= 0.3 is 5.91 Å². The zero-order valence-corrected chi connectivity index (χ0v) is 18.3. The summed E-state index contributed by atoms with van der Waals surface area (Å²) >= 11 is 1.25. The summed E-state index contributed by atoms with van der Waals surface area (Å²) in [7, 11) is 1.56. The number of rotatable bonds is 4. The number of thiazole rings is 1. The van der Waals surface area contributed by atoms with Crippen LogP contribution in [0.5, 0.6) is 11.5 Å². The predicted molar refractivity (Wildman–Crippen MR) is 120 cm³/mol. The molecule has 2 aliphatic heterocycles. The van der Waals surface area contributed by atoms with E-state index in [-0.39, 0.29) is 17.4 Å². The fraction of sp³-hybridized carbons (Fsp3) is 0.208. The van der Waals surface area contributed by atoms with Gasteiger partial charge in [0.15, 0.2) is 5.13 Å².